The fourth-order valence-electron chi connectivity index (χ4n) is 3.37. The van der Waals surface area contributed by atoms with Gasteiger partial charge in [0.1, 0.15) is 0 Å². The zero-order chi connectivity index (χ0) is 18.8. The maximum absolute atomic E-state index is 9.20. The van der Waals surface area contributed by atoms with Gasteiger partial charge in [0.05, 0.1) is 0 Å². The average molecular weight is 486 g/mol. The number of hydrogen-bond donors (Lipinski definition) is 4. The number of nitrogens with one attached hydrogen (secondary N) is 3. The molecule has 1 aromatic heterocycles. The van der Waals surface area contributed by atoms with Gasteiger partial charge in [-0.15, -0.1) is 24.0 Å². The van der Waals surface area contributed by atoms with Gasteiger partial charge in [-0.2, -0.15) is 0 Å². The number of para-hydroxylation sites is 1. The van der Waals surface area contributed by atoms with Crippen LogP contribution in [0, 0.1) is 12.8 Å². The van der Waals surface area contributed by atoms with Crippen LogP contribution in [0.1, 0.15) is 44.2 Å². The molecule has 0 aliphatic carbocycles. The molecule has 0 radical (unpaired) electrons. The van der Waals surface area contributed by atoms with Crippen LogP contribution in [-0.4, -0.2) is 42.3 Å². The van der Waals surface area contributed by atoms with Crippen LogP contribution in [0.2, 0.25) is 0 Å². The molecule has 0 fully saturated rings. The van der Waals surface area contributed by atoms with Gasteiger partial charge < -0.3 is 20.7 Å². The summed E-state index contributed by atoms with van der Waals surface area (Å²) >= 11 is 0. The molecule has 1 aromatic carbocycles. The van der Waals surface area contributed by atoms with Crippen molar-refractivity contribution >= 4 is 40.8 Å². The predicted molar refractivity (Wildman–Crippen MR) is 126 cm³/mol. The third-order valence-corrected chi connectivity index (χ3v) is 4.78. The Hall–Kier alpha value is -1.28. The highest BCUT2D eigenvalue weighted by Crippen LogP contribution is 2.21. The quantitative estimate of drug-likeness (QED) is 0.233. The normalized spacial score (nSPS) is 12.7. The lowest BCUT2D eigenvalue weighted by Crippen LogP contribution is -2.38. The van der Waals surface area contributed by atoms with Crippen molar-refractivity contribution in [2.75, 3.05) is 26.2 Å². The van der Waals surface area contributed by atoms with E-state index in [1.807, 2.05) is 0 Å². The SMILES string of the molecule is CCCC(CCO)CN=C(NCC)NCCc1c[nH]c2c(C)cccc12.I. The van der Waals surface area contributed by atoms with Crippen LogP contribution in [0.15, 0.2) is 29.4 Å². The Morgan fingerprint density at radius 1 is 1.22 bits per heavy atom. The second-order valence-electron chi connectivity index (χ2n) is 6.87. The molecular weight excluding hydrogens is 451 g/mol. The van der Waals surface area contributed by atoms with Crippen LogP contribution in [0.3, 0.4) is 0 Å². The van der Waals surface area contributed by atoms with Crippen LogP contribution in [0.4, 0.5) is 0 Å². The molecule has 1 heterocycles. The average Bonchev–Trinajstić information content (AvgIpc) is 3.04. The molecule has 0 aliphatic rings. The van der Waals surface area contributed by atoms with Crippen molar-refractivity contribution in [1.82, 2.24) is 15.6 Å². The molecule has 2 aromatic rings. The number of aromatic nitrogens is 1. The van der Waals surface area contributed by atoms with E-state index < -0.39 is 0 Å². The number of rotatable bonds is 10. The molecule has 6 heteroatoms. The van der Waals surface area contributed by atoms with Crippen molar-refractivity contribution in [3.63, 3.8) is 0 Å². The van der Waals surface area contributed by atoms with Crippen LogP contribution in [0.25, 0.3) is 10.9 Å². The van der Waals surface area contributed by atoms with Crippen molar-refractivity contribution in [1.29, 1.82) is 0 Å². The maximum atomic E-state index is 9.20. The molecule has 1 unspecified atom stereocenters. The van der Waals surface area contributed by atoms with Gasteiger partial charge in [-0.25, -0.2) is 0 Å². The smallest absolute Gasteiger partial charge is 0.191 e. The summed E-state index contributed by atoms with van der Waals surface area (Å²) in [5.74, 6) is 1.32. The van der Waals surface area contributed by atoms with E-state index in [4.69, 9.17) is 4.99 Å². The van der Waals surface area contributed by atoms with Crippen molar-refractivity contribution in [2.45, 2.75) is 46.5 Å². The first-order chi connectivity index (χ1) is 12.7. The Labute approximate surface area is 180 Å². The zero-order valence-corrected chi connectivity index (χ0v) is 19.2. The van der Waals surface area contributed by atoms with Gasteiger partial charge in [0.2, 0.25) is 0 Å². The molecule has 0 aliphatic heterocycles. The number of halogens is 1. The Kier molecular flexibility index (Phi) is 11.4. The summed E-state index contributed by atoms with van der Waals surface area (Å²) in [4.78, 5) is 8.11. The largest absolute Gasteiger partial charge is 0.396 e. The molecule has 0 saturated heterocycles. The minimum Gasteiger partial charge on any atom is -0.396 e. The molecule has 0 saturated carbocycles. The van der Waals surface area contributed by atoms with Gasteiger partial charge in [-0.1, -0.05) is 31.5 Å². The summed E-state index contributed by atoms with van der Waals surface area (Å²) in [7, 11) is 0. The third kappa shape index (κ3) is 7.33. The standard InChI is InChI=1S/C21H34N4O.HI/c1-4-7-17(11-13-26)14-25-21(22-5-2)23-12-10-18-15-24-20-16(3)8-6-9-19(18)20;/h6,8-9,15,17,24,26H,4-5,7,10-14H2,1-3H3,(H2,22,23,25);1H. The van der Waals surface area contributed by atoms with Gasteiger partial charge >= 0.3 is 0 Å². The zero-order valence-electron chi connectivity index (χ0n) is 16.8. The minimum atomic E-state index is 0. The molecule has 4 N–H and O–H groups in total. The Balaban J connectivity index is 0.00000364. The summed E-state index contributed by atoms with van der Waals surface area (Å²) in [6.45, 7) is 9.08. The van der Waals surface area contributed by atoms with Crippen molar-refractivity contribution in [2.24, 2.45) is 10.9 Å². The first kappa shape index (κ1) is 23.8. The lowest BCUT2D eigenvalue weighted by atomic mass is 10.0. The van der Waals surface area contributed by atoms with Crippen molar-refractivity contribution < 1.29 is 5.11 Å². The summed E-state index contributed by atoms with van der Waals surface area (Å²) in [5, 5.41) is 17.3. The first-order valence-electron chi connectivity index (χ1n) is 9.88. The molecule has 27 heavy (non-hydrogen) atoms. The Morgan fingerprint density at radius 3 is 2.74 bits per heavy atom. The summed E-state index contributed by atoms with van der Waals surface area (Å²) in [5.41, 5.74) is 3.84. The third-order valence-electron chi connectivity index (χ3n) is 4.78. The second-order valence-corrected chi connectivity index (χ2v) is 6.87. The van der Waals surface area contributed by atoms with Gasteiger partial charge in [-0.05, 0) is 50.2 Å². The summed E-state index contributed by atoms with van der Waals surface area (Å²) in [6, 6.07) is 6.43. The fourth-order valence-corrected chi connectivity index (χ4v) is 3.37. The van der Waals surface area contributed by atoms with E-state index in [1.165, 1.54) is 22.0 Å². The number of benzene rings is 1. The maximum Gasteiger partial charge on any atom is 0.191 e. The van der Waals surface area contributed by atoms with Crippen molar-refractivity contribution in [3.8, 4) is 0 Å². The molecule has 1 atom stereocenters. The van der Waals surface area contributed by atoms with E-state index >= 15 is 0 Å². The number of aromatic amines is 1. The minimum absolute atomic E-state index is 0. The number of guanidine groups is 1. The van der Waals surface area contributed by atoms with Gasteiger partial charge in [0.15, 0.2) is 5.96 Å². The molecule has 152 valence electrons. The van der Waals surface area contributed by atoms with E-state index in [-0.39, 0.29) is 30.6 Å². The number of fused-ring (bicyclic) bond motifs is 1. The molecule has 2 rings (SSSR count). The van der Waals surface area contributed by atoms with Crippen LogP contribution in [-0.2, 0) is 6.42 Å². The van der Waals surface area contributed by atoms with E-state index in [2.05, 4.69) is 60.8 Å². The van der Waals surface area contributed by atoms with E-state index in [1.54, 1.807) is 0 Å². The number of aliphatic imine (C=N–C) groups is 1. The second kappa shape index (κ2) is 13.0. The Bertz CT molecular complexity index is 693. The molecule has 5 nitrogen and oxygen atoms in total. The fraction of sp³-hybridized carbons (Fsp3) is 0.571. The van der Waals surface area contributed by atoms with Crippen LogP contribution in [0.5, 0.6) is 0 Å². The summed E-state index contributed by atoms with van der Waals surface area (Å²) < 4.78 is 0. The number of H-pyrrole nitrogens is 1. The monoisotopic (exact) mass is 486 g/mol. The van der Waals surface area contributed by atoms with E-state index in [0.717, 1.165) is 51.3 Å². The van der Waals surface area contributed by atoms with Crippen LogP contribution < -0.4 is 10.6 Å². The summed E-state index contributed by atoms with van der Waals surface area (Å²) in [6.07, 6.45) is 6.12. The van der Waals surface area contributed by atoms with Gasteiger partial charge in [0, 0.05) is 43.3 Å². The molecule has 0 spiro atoms. The number of aliphatic hydroxyl groups excluding tert-OH is 1. The van der Waals surface area contributed by atoms with Gasteiger partial charge in [-0.3, -0.25) is 4.99 Å². The van der Waals surface area contributed by atoms with Crippen LogP contribution >= 0.6 is 24.0 Å². The van der Waals surface area contributed by atoms with Crippen molar-refractivity contribution in [3.05, 3.63) is 35.5 Å². The highest BCUT2D eigenvalue weighted by Gasteiger charge is 2.08. The van der Waals surface area contributed by atoms with Gasteiger partial charge in [0.25, 0.3) is 0 Å². The van der Waals surface area contributed by atoms with E-state index in [9.17, 15) is 5.11 Å². The lowest BCUT2D eigenvalue weighted by molar-refractivity contribution is 0.253. The Morgan fingerprint density at radius 2 is 2.04 bits per heavy atom. The first-order valence-corrected chi connectivity index (χ1v) is 9.88. The van der Waals surface area contributed by atoms with E-state index in [0.29, 0.717) is 5.92 Å². The number of aryl methyl sites for hydroxylation is 1. The number of aliphatic hydroxyl groups is 1. The molecule has 0 amide bonds. The predicted octanol–water partition coefficient (Wildman–Crippen LogP) is 3.99. The number of nitrogens with zero attached hydrogens (tertiary/aromatic N) is 1. The number of hydrogen-bond acceptors (Lipinski definition) is 2. The highest BCUT2D eigenvalue weighted by atomic mass is 127. The highest BCUT2D eigenvalue weighted by molar-refractivity contribution is 14.0. The molecule has 0 bridgehead atoms. The topological polar surface area (TPSA) is 72.4 Å². The molecular formula is C21H35IN4O. The lowest BCUT2D eigenvalue weighted by Gasteiger charge is -2.15.